The lowest BCUT2D eigenvalue weighted by molar-refractivity contribution is 0.501. The predicted molar refractivity (Wildman–Crippen MR) is 70.3 cm³/mol. The Morgan fingerprint density at radius 3 is 2.75 bits per heavy atom. The first-order valence-corrected chi connectivity index (χ1v) is 5.98. The lowest BCUT2D eigenvalue weighted by atomic mass is 10.0. The van der Waals surface area contributed by atoms with E-state index in [2.05, 4.69) is 48.3 Å². The minimum atomic E-state index is 0.630. The highest BCUT2D eigenvalue weighted by molar-refractivity contribution is 5.64. The second-order valence-electron chi connectivity index (χ2n) is 4.33. The van der Waals surface area contributed by atoms with Crippen LogP contribution in [-0.4, -0.2) is 12.6 Å². The zero-order valence-electron chi connectivity index (χ0n) is 9.65. The molecule has 0 saturated carbocycles. The quantitative estimate of drug-likeness (QED) is 0.756. The van der Waals surface area contributed by atoms with Crippen LogP contribution in [0.15, 0.2) is 49.1 Å². The highest BCUT2D eigenvalue weighted by Crippen LogP contribution is 2.14. The number of hydrogen-bond donors (Lipinski definition) is 1. The minimum Gasteiger partial charge on any atom is -0.310 e. The van der Waals surface area contributed by atoms with Crippen molar-refractivity contribution in [2.75, 3.05) is 6.54 Å². The van der Waals surface area contributed by atoms with Gasteiger partial charge in [0.05, 0.1) is 0 Å². The van der Waals surface area contributed by atoms with Gasteiger partial charge >= 0.3 is 0 Å². The van der Waals surface area contributed by atoms with E-state index in [9.17, 15) is 0 Å². The van der Waals surface area contributed by atoms with Crippen LogP contribution < -0.4 is 5.32 Å². The van der Waals surface area contributed by atoms with Crippen LogP contribution >= 0.6 is 0 Å². The van der Waals surface area contributed by atoms with Crippen molar-refractivity contribution in [3.63, 3.8) is 0 Å². The monoisotopic (exact) mass is 213 g/mol. The van der Waals surface area contributed by atoms with Crippen molar-refractivity contribution in [3.8, 4) is 0 Å². The maximum Gasteiger partial charge on any atom is 0.0208 e. The van der Waals surface area contributed by atoms with E-state index in [1.807, 2.05) is 6.07 Å². The predicted octanol–water partition coefficient (Wildman–Crippen LogP) is 3.40. The Morgan fingerprint density at radius 2 is 2.06 bits per heavy atom. The fourth-order valence-electron chi connectivity index (χ4n) is 2.02. The Kier molecular flexibility index (Phi) is 3.95. The third-order valence-electron chi connectivity index (χ3n) is 3.06. The van der Waals surface area contributed by atoms with E-state index in [1.54, 1.807) is 0 Å². The van der Waals surface area contributed by atoms with Crippen molar-refractivity contribution in [3.05, 3.63) is 54.6 Å². The minimum absolute atomic E-state index is 0.630. The SMILES string of the molecule is C=C(CNC1CC=CCC1)c1ccccc1. The van der Waals surface area contributed by atoms with E-state index in [0.29, 0.717) is 6.04 Å². The lowest BCUT2D eigenvalue weighted by Gasteiger charge is -2.20. The third kappa shape index (κ3) is 3.07. The molecule has 1 heteroatoms. The van der Waals surface area contributed by atoms with Gasteiger partial charge in [-0.3, -0.25) is 0 Å². The van der Waals surface area contributed by atoms with Crippen LogP contribution in [0.2, 0.25) is 0 Å². The van der Waals surface area contributed by atoms with Gasteiger partial charge in [-0.1, -0.05) is 49.1 Å². The molecule has 1 atom stereocenters. The second kappa shape index (κ2) is 5.66. The summed E-state index contributed by atoms with van der Waals surface area (Å²) in [5.74, 6) is 0. The molecule has 16 heavy (non-hydrogen) atoms. The van der Waals surface area contributed by atoms with Crippen molar-refractivity contribution in [2.24, 2.45) is 0 Å². The molecule has 1 nitrogen and oxygen atoms in total. The molecule has 0 amide bonds. The molecule has 0 heterocycles. The first-order chi connectivity index (χ1) is 7.86. The average molecular weight is 213 g/mol. The largest absolute Gasteiger partial charge is 0.310 e. The molecule has 2 rings (SSSR count). The van der Waals surface area contributed by atoms with E-state index in [4.69, 9.17) is 0 Å². The van der Waals surface area contributed by atoms with Crippen LogP contribution in [0.4, 0.5) is 0 Å². The molecule has 0 radical (unpaired) electrons. The van der Waals surface area contributed by atoms with Gasteiger partial charge in [0.1, 0.15) is 0 Å². The van der Waals surface area contributed by atoms with Crippen molar-refractivity contribution >= 4 is 5.57 Å². The highest BCUT2D eigenvalue weighted by atomic mass is 14.9. The van der Waals surface area contributed by atoms with Crippen LogP contribution in [-0.2, 0) is 0 Å². The summed E-state index contributed by atoms with van der Waals surface area (Å²) in [6.07, 6.45) is 8.15. The molecule has 84 valence electrons. The van der Waals surface area contributed by atoms with Crippen molar-refractivity contribution in [1.29, 1.82) is 0 Å². The fourth-order valence-corrected chi connectivity index (χ4v) is 2.02. The zero-order chi connectivity index (χ0) is 11.2. The van der Waals surface area contributed by atoms with Crippen LogP contribution in [0.1, 0.15) is 24.8 Å². The Labute approximate surface area is 97.9 Å². The molecule has 1 aliphatic carbocycles. The first-order valence-electron chi connectivity index (χ1n) is 5.98. The van der Waals surface area contributed by atoms with Crippen molar-refractivity contribution in [1.82, 2.24) is 5.32 Å². The second-order valence-corrected chi connectivity index (χ2v) is 4.33. The van der Waals surface area contributed by atoms with E-state index < -0.39 is 0 Å². The Bertz CT molecular complexity index is 364. The molecule has 0 fully saturated rings. The number of allylic oxidation sites excluding steroid dienone is 1. The number of hydrogen-bond acceptors (Lipinski definition) is 1. The van der Waals surface area contributed by atoms with Gasteiger partial charge in [0.25, 0.3) is 0 Å². The number of benzene rings is 1. The molecule has 0 bridgehead atoms. The van der Waals surface area contributed by atoms with Crippen molar-refractivity contribution in [2.45, 2.75) is 25.3 Å². The third-order valence-corrected chi connectivity index (χ3v) is 3.06. The van der Waals surface area contributed by atoms with E-state index >= 15 is 0 Å². The van der Waals surface area contributed by atoms with Gasteiger partial charge in [-0.2, -0.15) is 0 Å². The van der Waals surface area contributed by atoms with Gasteiger partial charge in [0.15, 0.2) is 0 Å². The van der Waals surface area contributed by atoms with Crippen LogP contribution in [0.5, 0.6) is 0 Å². The summed E-state index contributed by atoms with van der Waals surface area (Å²) in [5.41, 5.74) is 2.41. The normalized spacial score (nSPS) is 19.6. The van der Waals surface area contributed by atoms with E-state index in [-0.39, 0.29) is 0 Å². The highest BCUT2D eigenvalue weighted by Gasteiger charge is 2.09. The van der Waals surface area contributed by atoms with Crippen LogP contribution in [0.25, 0.3) is 5.57 Å². The molecule has 0 aromatic heterocycles. The standard InChI is InChI=1S/C15H19N/c1-13(14-8-4-2-5-9-14)12-16-15-10-6-3-7-11-15/h2-6,8-9,15-16H,1,7,10-12H2. The van der Waals surface area contributed by atoms with Crippen molar-refractivity contribution < 1.29 is 0 Å². The molecule has 0 spiro atoms. The molecule has 1 N–H and O–H groups in total. The van der Waals surface area contributed by atoms with Crippen LogP contribution in [0.3, 0.4) is 0 Å². The van der Waals surface area contributed by atoms with Gasteiger partial charge in [-0.05, 0) is 30.4 Å². The Hall–Kier alpha value is -1.34. The smallest absolute Gasteiger partial charge is 0.0208 e. The van der Waals surface area contributed by atoms with Gasteiger partial charge < -0.3 is 5.32 Å². The first kappa shape index (κ1) is 11.2. The fraction of sp³-hybridized carbons (Fsp3) is 0.333. The maximum atomic E-state index is 4.13. The lowest BCUT2D eigenvalue weighted by Crippen LogP contribution is -2.30. The summed E-state index contributed by atoms with van der Waals surface area (Å²) in [4.78, 5) is 0. The molecule has 1 aromatic carbocycles. The summed E-state index contributed by atoms with van der Waals surface area (Å²) >= 11 is 0. The average Bonchev–Trinajstić information content (AvgIpc) is 2.38. The topological polar surface area (TPSA) is 12.0 Å². The van der Waals surface area contributed by atoms with Gasteiger partial charge in [0.2, 0.25) is 0 Å². The van der Waals surface area contributed by atoms with Crippen LogP contribution in [0, 0.1) is 0 Å². The number of nitrogens with one attached hydrogen (secondary N) is 1. The Morgan fingerprint density at radius 1 is 1.25 bits per heavy atom. The molecule has 1 aliphatic rings. The molecular weight excluding hydrogens is 194 g/mol. The number of rotatable bonds is 4. The Balaban J connectivity index is 1.82. The summed E-state index contributed by atoms with van der Waals surface area (Å²) in [6, 6.07) is 11.0. The summed E-state index contributed by atoms with van der Waals surface area (Å²) < 4.78 is 0. The molecule has 1 aromatic rings. The summed E-state index contributed by atoms with van der Waals surface area (Å²) in [7, 11) is 0. The molecular formula is C15H19N. The van der Waals surface area contributed by atoms with Gasteiger partial charge in [-0.25, -0.2) is 0 Å². The van der Waals surface area contributed by atoms with E-state index in [1.165, 1.54) is 24.0 Å². The zero-order valence-corrected chi connectivity index (χ0v) is 9.65. The maximum absolute atomic E-state index is 4.13. The van der Waals surface area contributed by atoms with Gasteiger partial charge in [0, 0.05) is 12.6 Å². The molecule has 0 aliphatic heterocycles. The summed E-state index contributed by atoms with van der Waals surface area (Å²) in [6.45, 7) is 5.02. The summed E-state index contributed by atoms with van der Waals surface area (Å²) in [5, 5.41) is 3.57. The molecule has 0 saturated heterocycles. The van der Waals surface area contributed by atoms with Gasteiger partial charge in [-0.15, -0.1) is 0 Å². The van der Waals surface area contributed by atoms with E-state index in [0.717, 1.165) is 13.0 Å². The molecule has 1 unspecified atom stereocenters.